The highest BCUT2D eigenvalue weighted by Crippen LogP contribution is 2.33. The number of piperidine rings is 1. The molecule has 1 unspecified atom stereocenters. The number of aryl methyl sites for hydroxylation is 1. The first-order chi connectivity index (χ1) is 9.16. The predicted octanol–water partition coefficient (Wildman–Crippen LogP) is 1.65. The molecule has 0 bridgehead atoms. The normalized spacial score (nSPS) is 25.2. The fourth-order valence-corrected chi connectivity index (χ4v) is 3.37. The predicted molar refractivity (Wildman–Crippen MR) is 71.3 cm³/mol. The smallest absolute Gasteiger partial charge is 0.326 e. The monoisotopic (exact) mass is 263 g/mol. The molecule has 1 atom stereocenters. The Labute approximate surface area is 113 Å². The summed E-state index contributed by atoms with van der Waals surface area (Å²) in [5.41, 5.74) is 1.10. The minimum Gasteiger partial charge on any atom is -0.480 e. The number of aromatic nitrogens is 2. The van der Waals surface area contributed by atoms with E-state index in [0.717, 1.165) is 56.7 Å². The van der Waals surface area contributed by atoms with E-state index in [2.05, 4.69) is 16.9 Å². The van der Waals surface area contributed by atoms with E-state index in [9.17, 15) is 9.90 Å². The summed E-state index contributed by atoms with van der Waals surface area (Å²) in [4.78, 5) is 18.3. The number of nitrogens with zero attached hydrogens (tertiary/aromatic N) is 3. The van der Waals surface area contributed by atoms with Crippen molar-refractivity contribution in [1.82, 2.24) is 14.5 Å². The van der Waals surface area contributed by atoms with E-state index >= 15 is 0 Å². The second kappa shape index (κ2) is 4.96. The van der Waals surface area contributed by atoms with Crippen molar-refractivity contribution < 1.29 is 9.90 Å². The van der Waals surface area contributed by atoms with Gasteiger partial charge in [-0.2, -0.15) is 0 Å². The summed E-state index contributed by atoms with van der Waals surface area (Å²) in [6, 6.07) is -0.402. The van der Waals surface area contributed by atoms with Gasteiger partial charge in [-0.1, -0.05) is 0 Å². The summed E-state index contributed by atoms with van der Waals surface area (Å²) in [6.45, 7) is 2.15. The number of imidazole rings is 1. The Balaban J connectivity index is 1.91. The molecule has 2 aliphatic heterocycles. The van der Waals surface area contributed by atoms with Crippen LogP contribution in [0.4, 0.5) is 0 Å². The van der Waals surface area contributed by atoms with Crippen LogP contribution in [0.25, 0.3) is 0 Å². The minimum absolute atomic E-state index is 0.402. The summed E-state index contributed by atoms with van der Waals surface area (Å²) in [5.74, 6) is 0.716. The second-order valence-corrected chi connectivity index (χ2v) is 5.80. The molecule has 1 aromatic heterocycles. The number of hydrogen-bond acceptors (Lipinski definition) is 3. The molecule has 5 heteroatoms. The number of hydrogen-bond donors (Lipinski definition) is 1. The minimum atomic E-state index is -0.715. The number of carboxylic acids is 1. The summed E-state index contributed by atoms with van der Waals surface area (Å²) < 4.78 is 2.02. The van der Waals surface area contributed by atoms with E-state index in [0.29, 0.717) is 5.92 Å². The molecule has 3 heterocycles. The molecule has 1 aromatic rings. The number of carbonyl (C=O) groups is 1. The van der Waals surface area contributed by atoms with Crippen molar-refractivity contribution in [3.8, 4) is 0 Å². The molecular formula is C14H21N3O2. The third kappa shape index (κ3) is 2.27. The molecular weight excluding hydrogens is 242 g/mol. The number of likely N-dealkylation sites (tertiary alicyclic amines) is 1. The molecule has 0 aliphatic carbocycles. The van der Waals surface area contributed by atoms with Crippen LogP contribution in [0.2, 0.25) is 0 Å². The third-order valence-electron chi connectivity index (χ3n) is 4.49. The Morgan fingerprint density at radius 3 is 2.79 bits per heavy atom. The zero-order chi connectivity index (χ0) is 13.4. The van der Waals surface area contributed by atoms with Crippen LogP contribution in [0.15, 0.2) is 6.20 Å². The Morgan fingerprint density at radius 2 is 2.11 bits per heavy atom. The van der Waals surface area contributed by atoms with Gasteiger partial charge in [0.25, 0.3) is 0 Å². The first-order valence-electron chi connectivity index (χ1n) is 7.14. The zero-order valence-electron chi connectivity index (χ0n) is 11.4. The number of fused-ring (bicyclic) bond motifs is 1. The van der Waals surface area contributed by atoms with Crippen LogP contribution in [-0.2, 0) is 11.2 Å². The molecule has 1 saturated heterocycles. The first-order valence-corrected chi connectivity index (χ1v) is 7.14. The van der Waals surface area contributed by atoms with Crippen LogP contribution >= 0.6 is 0 Å². The Hall–Kier alpha value is -1.36. The van der Waals surface area contributed by atoms with Crippen molar-refractivity contribution in [2.45, 2.75) is 44.1 Å². The molecule has 1 fully saturated rings. The van der Waals surface area contributed by atoms with E-state index in [1.54, 1.807) is 0 Å². The van der Waals surface area contributed by atoms with Crippen LogP contribution in [0.3, 0.4) is 0 Å². The van der Waals surface area contributed by atoms with E-state index < -0.39 is 12.0 Å². The molecule has 0 radical (unpaired) electrons. The summed E-state index contributed by atoms with van der Waals surface area (Å²) in [7, 11) is 2.14. The lowest BCUT2D eigenvalue weighted by molar-refractivity contribution is -0.141. The lowest BCUT2D eigenvalue weighted by Gasteiger charge is -2.31. The standard InChI is InChI=1S/C14H21N3O2/c1-16-7-5-10(6-8-16)13-15-9-11-3-2-4-12(14(18)19)17(11)13/h9-10,12H,2-8H2,1H3,(H,18,19). The fraction of sp³-hybridized carbons (Fsp3) is 0.714. The van der Waals surface area contributed by atoms with Crippen molar-refractivity contribution in [3.63, 3.8) is 0 Å². The van der Waals surface area contributed by atoms with Gasteiger partial charge in [0.2, 0.25) is 0 Å². The van der Waals surface area contributed by atoms with E-state index in [-0.39, 0.29) is 0 Å². The van der Waals surface area contributed by atoms with Gasteiger partial charge in [0, 0.05) is 17.8 Å². The Kier molecular flexibility index (Phi) is 3.31. The van der Waals surface area contributed by atoms with E-state index in [4.69, 9.17) is 0 Å². The maximum absolute atomic E-state index is 11.4. The number of carboxylic acid groups (broad SMARTS) is 1. The topological polar surface area (TPSA) is 58.4 Å². The van der Waals surface area contributed by atoms with Crippen molar-refractivity contribution >= 4 is 5.97 Å². The van der Waals surface area contributed by atoms with Crippen LogP contribution in [0.1, 0.15) is 49.2 Å². The van der Waals surface area contributed by atoms with Crippen LogP contribution < -0.4 is 0 Å². The van der Waals surface area contributed by atoms with Gasteiger partial charge in [-0.25, -0.2) is 9.78 Å². The molecule has 19 heavy (non-hydrogen) atoms. The maximum Gasteiger partial charge on any atom is 0.326 e. The lowest BCUT2D eigenvalue weighted by Crippen LogP contribution is -2.32. The molecule has 5 nitrogen and oxygen atoms in total. The molecule has 1 N–H and O–H groups in total. The van der Waals surface area contributed by atoms with Crippen molar-refractivity contribution in [1.29, 1.82) is 0 Å². The highest BCUT2D eigenvalue weighted by atomic mass is 16.4. The maximum atomic E-state index is 11.4. The third-order valence-corrected chi connectivity index (χ3v) is 4.49. The molecule has 104 valence electrons. The molecule has 0 amide bonds. The highest BCUT2D eigenvalue weighted by Gasteiger charge is 2.32. The average Bonchev–Trinajstić information content (AvgIpc) is 2.83. The summed E-state index contributed by atoms with van der Waals surface area (Å²) in [6.07, 6.45) is 6.71. The molecule has 0 saturated carbocycles. The lowest BCUT2D eigenvalue weighted by atomic mass is 9.94. The Morgan fingerprint density at radius 1 is 1.37 bits per heavy atom. The largest absolute Gasteiger partial charge is 0.480 e. The van der Waals surface area contributed by atoms with Gasteiger partial charge in [-0.05, 0) is 52.2 Å². The van der Waals surface area contributed by atoms with Gasteiger partial charge in [0.15, 0.2) is 0 Å². The van der Waals surface area contributed by atoms with Gasteiger partial charge in [-0.3, -0.25) is 0 Å². The number of rotatable bonds is 2. The summed E-state index contributed by atoms with van der Waals surface area (Å²) >= 11 is 0. The van der Waals surface area contributed by atoms with Crippen molar-refractivity contribution in [2.75, 3.05) is 20.1 Å². The van der Waals surface area contributed by atoms with Crippen molar-refractivity contribution in [3.05, 3.63) is 17.7 Å². The molecule has 2 aliphatic rings. The average molecular weight is 263 g/mol. The van der Waals surface area contributed by atoms with Gasteiger partial charge in [0.05, 0.1) is 0 Å². The van der Waals surface area contributed by atoms with Gasteiger partial charge in [0.1, 0.15) is 11.9 Å². The van der Waals surface area contributed by atoms with Gasteiger partial charge >= 0.3 is 5.97 Å². The highest BCUT2D eigenvalue weighted by molar-refractivity contribution is 5.72. The number of aliphatic carboxylic acids is 1. The van der Waals surface area contributed by atoms with Crippen molar-refractivity contribution in [2.24, 2.45) is 0 Å². The quantitative estimate of drug-likeness (QED) is 0.881. The van der Waals surface area contributed by atoms with E-state index in [1.807, 2.05) is 10.8 Å². The zero-order valence-corrected chi connectivity index (χ0v) is 11.4. The van der Waals surface area contributed by atoms with Gasteiger partial charge in [-0.15, -0.1) is 0 Å². The van der Waals surface area contributed by atoms with Crippen LogP contribution in [0, 0.1) is 0 Å². The van der Waals surface area contributed by atoms with Gasteiger partial charge < -0.3 is 14.6 Å². The van der Waals surface area contributed by atoms with Crippen LogP contribution in [-0.4, -0.2) is 45.7 Å². The van der Waals surface area contributed by atoms with Crippen LogP contribution in [0.5, 0.6) is 0 Å². The summed E-state index contributed by atoms with van der Waals surface area (Å²) in [5, 5.41) is 9.41. The fourth-order valence-electron chi connectivity index (χ4n) is 3.37. The first kappa shape index (κ1) is 12.7. The Bertz CT molecular complexity index is 475. The molecule has 0 spiro atoms. The molecule has 0 aromatic carbocycles. The molecule has 3 rings (SSSR count). The second-order valence-electron chi connectivity index (χ2n) is 5.80. The van der Waals surface area contributed by atoms with E-state index in [1.165, 1.54) is 0 Å². The SMILES string of the molecule is CN1CCC(c2ncc3n2C(C(=O)O)CCC3)CC1.